The second-order valence-electron chi connectivity index (χ2n) is 10.2. The van der Waals surface area contributed by atoms with Crippen LogP contribution in [-0.2, 0) is 10.3 Å². The van der Waals surface area contributed by atoms with E-state index < -0.39 is 23.1 Å². The van der Waals surface area contributed by atoms with E-state index in [-0.39, 0.29) is 46.6 Å². The summed E-state index contributed by atoms with van der Waals surface area (Å²) in [5.74, 6) is -1.48. The highest BCUT2D eigenvalue weighted by Crippen LogP contribution is 2.39. The first kappa shape index (κ1) is 25.8. The van der Waals surface area contributed by atoms with Crippen LogP contribution in [0.4, 0.5) is 14.5 Å². The number of amides is 1. The van der Waals surface area contributed by atoms with Gasteiger partial charge in [-0.1, -0.05) is 6.92 Å². The van der Waals surface area contributed by atoms with Crippen LogP contribution in [0, 0.1) is 17.6 Å². The standard InChI is InChI=1S/C27H30F2N4O3S/c1-15-8-16(10-18(30)9-15)19-2-5-31-13-22(19)32-25(34)23-14-37-26(33-23)24-20(28)11-17(12-21(24)29)27(35)3-6-36-7-4-27/h2,5,11-16,18,35H,3-4,6-10,30H2,1H3,(H,32,34)/t15-,16+,18-/m0/s1. The summed E-state index contributed by atoms with van der Waals surface area (Å²) < 4.78 is 35.4. The third-order valence-corrected chi connectivity index (χ3v) is 8.23. The Morgan fingerprint density at radius 1 is 1.22 bits per heavy atom. The number of aliphatic hydroxyl groups is 1. The Morgan fingerprint density at radius 2 is 1.95 bits per heavy atom. The Hall–Kier alpha value is -2.79. The number of rotatable bonds is 5. The molecule has 1 amide bonds. The second-order valence-corrected chi connectivity index (χ2v) is 11.0. The third-order valence-electron chi connectivity index (χ3n) is 7.37. The van der Waals surface area contributed by atoms with Crippen molar-refractivity contribution in [3.63, 3.8) is 0 Å². The molecule has 1 saturated heterocycles. The fourth-order valence-electron chi connectivity index (χ4n) is 5.50. The van der Waals surface area contributed by atoms with Gasteiger partial charge in [0.1, 0.15) is 22.3 Å². The van der Waals surface area contributed by atoms with Gasteiger partial charge >= 0.3 is 0 Å². The number of hydrogen-bond acceptors (Lipinski definition) is 7. The van der Waals surface area contributed by atoms with Crippen molar-refractivity contribution in [3.8, 4) is 10.6 Å². The lowest BCUT2D eigenvalue weighted by molar-refractivity contribution is -0.0682. The highest BCUT2D eigenvalue weighted by molar-refractivity contribution is 7.13. The molecule has 0 radical (unpaired) electrons. The van der Waals surface area contributed by atoms with Gasteiger partial charge in [0.05, 0.1) is 23.0 Å². The van der Waals surface area contributed by atoms with Crippen molar-refractivity contribution in [2.45, 2.75) is 56.6 Å². The molecule has 3 heterocycles. The van der Waals surface area contributed by atoms with Gasteiger partial charge in [-0.2, -0.15) is 0 Å². The maximum Gasteiger partial charge on any atom is 0.275 e. The average Bonchev–Trinajstić information content (AvgIpc) is 3.34. The third kappa shape index (κ3) is 5.43. The first-order valence-electron chi connectivity index (χ1n) is 12.5. The Kier molecular flexibility index (Phi) is 7.35. The highest BCUT2D eigenvalue weighted by Gasteiger charge is 2.34. The first-order valence-corrected chi connectivity index (χ1v) is 13.4. The Labute approximate surface area is 218 Å². The van der Waals surface area contributed by atoms with E-state index in [4.69, 9.17) is 10.5 Å². The van der Waals surface area contributed by atoms with Crippen LogP contribution < -0.4 is 11.1 Å². The van der Waals surface area contributed by atoms with Gasteiger partial charge < -0.3 is 20.9 Å². The summed E-state index contributed by atoms with van der Waals surface area (Å²) in [5.41, 5.74) is 6.36. The van der Waals surface area contributed by atoms with Crippen molar-refractivity contribution in [2.24, 2.45) is 11.7 Å². The van der Waals surface area contributed by atoms with Crippen LogP contribution in [-0.4, -0.2) is 40.2 Å². The zero-order chi connectivity index (χ0) is 26.2. The first-order chi connectivity index (χ1) is 17.7. The maximum atomic E-state index is 15.1. The molecule has 1 aliphatic heterocycles. The van der Waals surface area contributed by atoms with Crippen molar-refractivity contribution >= 4 is 22.9 Å². The fourth-order valence-corrected chi connectivity index (χ4v) is 6.35. The van der Waals surface area contributed by atoms with Gasteiger partial charge in [0, 0.05) is 43.7 Å². The number of halogens is 2. The molecule has 2 aliphatic rings. The molecule has 3 atom stereocenters. The largest absolute Gasteiger partial charge is 0.385 e. The van der Waals surface area contributed by atoms with Crippen molar-refractivity contribution < 1.29 is 23.4 Å². The number of benzene rings is 1. The number of carbonyl (C=O) groups is 1. The Morgan fingerprint density at radius 3 is 2.65 bits per heavy atom. The number of hydrogen-bond donors (Lipinski definition) is 3. The zero-order valence-electron chi connectivity index (χ0n) is 20.5. The van der Waals surface area contributed by atoms with E-state index in [9.17, 15) is 9.90 Å². The number of nitrogens with one attached hydrogen (secondary N) is 1. The molecule has 7 nitrogen and oxygen atoms in total. The fraction of sp³-hybridized carbons (Fsp3) is 0.444. The molecule has 2 fully saturated rings. The van der Waals surface area contributed by atoms with Crippen LogP contribution in [0.25, 0.3) is 10.6 Å². The van der Waals surface area contributed by atoms with Crippen LogP contribution in [0.1, 0.15) is 66.6 Å². The zero-order valence-corrected chi connectivity index (χ0v) is 21.4. The van der Waals surface area contributed by atoms with Gasteiger partial charge in [0.15, 0.2) is 0 Å². The molecule has 0 unspecified atom stereocenters. The Balaban J connectivity index is 1.36. The number of aromatic nitrogens is 2. The Bertz CT molecular complexity index is 1260. The van der Waals surface area contributed by atoms with Gasteiger partial charge in [-0.25, -0.2) is 13.8 Å². The summed E-state index contributed by atoms with van der Waals surface area (Å²) >= 11 is 0.977. The minimum Gasteiger partial charge on any atom is -0.385 e. The topological polar surface area (TPSA) is 110 Å². The van der Waals surface area contributed by atoms with Crippen molar-refractivity contribution in [1.82, 2.24) is 9.97 Å². The predicted octanol–water partition coefficient (Wildman–Crippen LogP) is 4.96. The molecular weight excluding hydrogens is 498 g/mol. The quantitative estimate of drug-likeness (QED) is 0.432. The van der Waals surface area contributed by atoms with Crippen LogP contribution >= 0.6 is 11.3 Å². The predicted molar refractivity (Wildman–Crippen MR) is 137 cm³/mol. The van der Waals surface area contributed by atoms with Crippen LogP contribution in [0.15, 0.2) is 36.0 Å². The summed E-state index contributed by atoms with van der Waals surface area (Å²) in [6.07, 6.45) is 6.59. The van der Waals surface area contributed by atoms with Crippen LogP contribution in [0.5, 0.6) is 0 Å². The maximum absolute atomic E-state index is 15.1. The van der Waals surface area contributed by atoms with E-state index in [2.05, 4.69) is 22.2 Å². The van der Waals surface area contributed by atoms with Gasteiger partial charge in [0.2, 0.25) is 0 Å². The van der Waals surface area contributed by atoms with E-state index in [1.807, 2.05) is 6.07 Å². The van der Waals surface area contributed by atoms with Crippen molar-refractivity contribution in [3.05, 3.63) is 64.4 Å². The molecule has 3 aromatic rings. The SMILES string of the molecule is C[C@@H]1C[C@H](N)C[C@H](c2ccncc2NC(=O)c2csc(-c3c(F)cc(C4(O)CCOCC4)cc3F)n2)C1. The lowest BCUT2D eigenvalue weighted by Crippen LogP contribution is -2.33. The van der Waals surface area contributed by atoms with E-state index >= 15 is 8.78 Å². The average molecular weight is 529 g/mol. The van der Waals surface area contributed by atoms with Gasteiger partial charge in [-0.05, 0) is 60.4 Å². The molecule has 10 heteroatoms. The van der Waals surface area contributed by atoms with Gasteiger partial charge in [-0.15, -0.1) is 11.3 Å². The number of pyridine rings is 1. The van der Waals surface area contributed by atoms with Gasteiger partial charge in [0.25, 0.3) is 5.91 Å². The second kappa shape index (κ2) is 10.5. The van der Waals surface area contributed by atoms with E-state index in [0.29, 0.717) is 24.8 Å². The molecule has 0 bridgehead atoms. The molecule has 0 spiro atoms. The van der Waals surface area contributed by atoms with Gasteiger partial charge in [-0.3, -0.25) is 9.78 Å². The van der Waals surface area contributed by atoms with Crippen molar-refractivity contribution in [2.75, 3.05) is 18.5 Å². The molecule has 196 valence electrons. The monoisotopic (exact) mass is 528 g/mol. The minimum atomic E-state index is -1.34. The number of ether oxygens (including phenoxy) is 1. The number of anilines is 1. The smallest absolute Gasteiger partial charge is 0.275 e. The summed E-state index contributed by atoms with van der Waals surface area (Å²) in [5, 5.41) is 15.2. The summed E-state index contributed by atoms with van der Waals surface area (Å²) in [7, 11) is 0. The normalized spacial score (nSPS) is 23.5. The molecular formula is C27H30F2N4O3S. The summed E-state index contributed by atoms with van der Waals surface area (Å²) in [4.78, 5) is 21.4. The number of nitrogens with zero attached hydrogens (tertiary/aromatic N) is 2. The summed E-state index contributed by atoms with van der Waals surface area (Å²) in [6.45, 7) is 2.81. The lowest BCUT2D eigenvalue weighted by Gasteiger charge is -2.32. The van der Waals surface area contributed by atoms with E-state index in [0.717, 1.165) is 48.3 Å². The molecule has 37 heavy (non-hydrogen) atoms. The van der Waals surface area contributed by atoms with E-state index in [1.165, 1.54) is 5.38 Å². The minimum absolute atomic E-state index is 0.0455. The lowest BCUT2D eigenvalue weighted by atomic mass is 9.76. The van der Waals surface area contributed by atoms with E-state index in [1.54, 1.807) is 12.4 Å². The molecule has 4 N–H and O–H groups in total. The number of nitrogens with two attached hydrogens (primary N) is 1. The number of thiazole rings is 1. The highest BCUT2D eigenvalue weighted by atomic mass is 32.1. The number of carbonyl (C=O) groups excluding carboxylic acids is 1. The molecule has 1 aromatic carbocycles. The molecule has 1 aliphatic carbocycles. The molecule has 2 aromatic heterocycles. The van der Waals surface area contributed by atoms with Crippen LogP contribution in [0.3, 0.4) is 0 Å². The molecule has 5 rings (SSSR count). The molecule has 1 saturated carbocycles. The summed E-state index contributed by atoms with van der Waals surface area (Å²) in [6, 6.07) is 4.29. The van der Waals surface area contributed by atoms with Crippen molar-refractivity contribution in [1.29, 1.82) is 0 Å². The van der Waals surface area contributed by atoms with Crippen LogP contribution in [0.2, 0.25) is 0 Å².